The minimum atomic E-state index is -0.108. The molecule has 4 bridgehead atoms. The van der Waals surface area contributed by atoms with E-state index in [0.717, 1.165) is 59.4 Å². The fraction of sp³-hybridized carbons (Fsp3) is 0.650. The van der Waals surface area contributed by atoms with Crippen molar-refractivity contribution < 1.29 is 9.90 Å². The van der Waals surface area contributed by atoms with Gasteiger partial charge in [-0.2, -0.15) is 0 Å². The van der Waals surface area contributed by atoms with Crippen LogP contribution in [0.4, 0.5) is 5.69 Å². The largest absolute Gasteiger partial charge is 0.392 e. The average Bonchev–Trinajstić information content (AvgIpc) is 2.49. The molecule has 0 saturated heterocycles. The highest BCUT2D eigenvalue weighted by Gasteiger charge is 2.54. The van der Waals surface area contributed by atoms with Gasteiger partial charge in [0.2, 0.25) is 5.91 Å². The second-order valence-electron chi connectivity index (χ2n) is 8.41. The van der Waals surface area contributed by atoms with Gasteiger partial charge in [-0.1, -0.05) is 12.1 Å². The number of carbonyl (C=O) groups is 1. The number of aryl methyl sites for hydroxylation is 2. The second kappa shape index (κ2) is 5.34. The molecule has 1 aromatic carbocycles. The van der Waals surface area contributed by atoms with Gasteiger partial charge in [-0.25, -0.2) is 0 Å². The normalized spacial score (nSPS) is 34.7. The highest BCUT2D eigenvalue weighted by atomic mass is 16.3. The Morgan fingerprint density at radius 2 is 1.57 bits per heavy atom. The van der Waals surface area contributed by atoms with Gasteiger partial charge in [-0.15, -0.1) is 0 Å². The predicted molar refractivity (Wildman–Crippen MR) is 91.1 cm³/mol. The molecule has 0 radical (unpaired) electrons. The Balaban J connectivity index is 1.59. The van der Waals surface area contributed by atoms with Crippen molar-refractivity contribution in [2.45, 2.75) is 59.0 Å². The Hall–Kier alpha value is -1.35. The molecule has 0 unspecified atom stereocenters. The number of amides is 1. The first-order valence-electron chi connectivity index (χ1n) is 9.01. The SMILES string of the molecule is Cc1cc(CO)cc(C)c1NC(=O)C12CC3CC(CC(C3)C1)C2. The van der Waals surface area contributed by atoms with E-state index >= 15 is 0 Å². The Morgan fingerprint density at radius 3 is 2.00 bits per heavy atom. The Labute approximate surface area is 138 Å². The summed E-state index contributed by atoms with van der Waals surface area (Å²) in [6.07, 6.45) is 7.36. The molecule has 5 rings (SSSR count). The molecule has 0 atom stereocenters. The van der Waals surface area contributed by atoms with Gasteiger partial charge < -0.3 is 10.4 Å². The summed E-state index contributed by atoms with van der Waals surface area (Å²) in [6.45, 7) is 4.08. The molecule has 1 aromatic rings. The number of aliphatic hydroxyl groups excluding tert-OH is 1. The van der Waals surface area contributed by atoms with Crippen LogP contribution in [0, 0.1) is 37.0 Å². The topological polar surface area (TPSA) is 49.3 Å². The van der Waals surface area contributed by atoms with E-state index in [0.29, 0.717) is 0 Å². The number of hydrogen-bond acceptors (Lipinski definition) is 2. The molecule has 124 valence electrons. The summed E-state index contributed by atoms with van der Waals surface area (Å²) in [5, 5.41) is 12.6. The van der Waals surface area contributed by atoms with Gasteiger partial charge in [-0.05, 0) is 86.8 Å². The zero-order chi connectivity index (χ0) is 16.2. The number of nitrogens with one attached hydrogen (secondary N) is 1. The molecule has 3 heteroatoms. The molecular formula is C20H27NO2. The van der Waals surface area contributed by atoms with Crippen molar-refractivity contribution in [1.82, 2.24) is 0 Å². The lowest BCUT2D eigenvalue weighted by molar-refractivity contribution is -0.140. The fourth-order valence-corrected chi connectivity index (χ4v) is 5.98. The Morgan fingerprint density at radius 1 is 1.09 bits per heavy atom. The molecule has 2 N–H and O–H groups in total. The van der Waals surface area contributed by atoms with Crippen molar-refractivity contribution in [3.8, 4) is 0 Å². The molecule has 4 aliphatic rings. The minimum Gasteiger partial charge on any atom is -0.392 e. The summed E-state index contributed by atoms with van der Waals surface area (Å²) >= 11 is 0. The summed E-state index contributed by atoms with van der Waals surface area (Å²) in [4.78, 5) is 13.2. The van der Waals surface area contributed by atoms with Gasteiger partial charge in [0.25, 0.3) is 0 Å². The lowest BCUT2D eigenvalue weighted by atomic mass is 9.49. The molecule has 0 aliphatic heterocycles. The van der Waals surface area contributed by atoms with E-state index in [2.05, 4.69) is 5.32 Å². The van der Waals surface area contributed by atoms with Crippen molar-refractivity contribution in [1.29, 1.82) is 0 Å². The van der Waals surface area contributed by atoms with Gasteiger partial charge in [0.1, 0.15) is 0 Å². The third-order valence-electron chi connectivity index (χ3n) is 6.53. The molecule has 4 saturated carbocycles. The minimum absolute atomic E-state index is 0.0465. The average molecular weight is 313 g/mol. The van der Waals surface area contributed by atoms with E-state index in [1.165, 1.54) is 19.3 Å². The summed E-state index contributed by atoms with van der Waals surface area (Å²) < 4.78 is 0. The maximum atomic E-state index is 13.2. The van der Waals surface area contributed by atoms with Crippen LogP contribution in [0.5, 0.6) is 0 Å². The van der Waals surface area contributed by atoms with Crippen molar-refractivity contribution in [2.24, 2.45) is 23.2 Å². The monoisotopic (exact) mass is 313 g/mol. The second-order valence-corrected chi connectivity index (χ2v) is 8.41. The van der Waals surface area contributed by atoms with Gasteiger partial charge in [0, 0.05) is 5.69 Å². The van der Waals surface area contributed by atoms with Crippen LogP contribution in [-0.4, -0.2) is 11.0 Å². The van der Waals surface area contributed by atoms with Crippen molar-refractivity contribution in [3.63, 3.8) is 0 Å². The first-order chi connectivity index (χ1) is 11.0. The van der Waals surface area contributed by atoms with Crippen LogP contribution < -0.4 is 5.32 Å². The number of carbonyl (C=O) groups excluding carboxylic acids is 1. The molecule has 4 fully saturated rings. The van der Waals surface area contributed by atoms with Crippen LogP contribution in [0.15, 0.2) is 12.1 Å². The first kappa shape index (κ1) is 15.2. The molecule has 3 nitrogen and oxygen atoms in total. The van der Waals surface area contributed by atoms with Crippen LogP contribution in [0.1, 0.15) is 55.2 Å². The highest BCUT2D eigenvalue weighted by molar-refractivity contribution is 5.97. The van der Waals surface area contributed by atoms with E-state index in [1.54, 1.807) is 0 Å². The number of benzene rings is 1. The third kappa shape index (κ3) is 2.50. The Kier molecular flexibility index (Phi) is 3.53. The molecule has 23 heavy (non-hydrogen) atoms. The third-order valence-corrected chi connectivity index (χ3v) is 6.53. The Bertz CT molecular complexity index is 591. The standard InChI is InChI=1S/C20H27NO2/c1-12-3-17(11-22)4-13(2)18(12)21-19(23)20-8-14-5-15(9-20)7-16(6-14)10-20/h3-4,14-16,22H,5-11H2,1-2H3,(H,21,23). The van der Waals surface area contributed by atoms with E-state index in [1.807, 2.05) is 26.0 Å². The van der Waals surface area contributed by atoms with E-state index < -0.39 is 0 Å². The van der Waals surface area contributed by atoms with Crippen LogP contribution in [0.3, 0.4) is 0 Å². The fourth-order valence-electron chi connectivity index (χ4n) is 5.98. The van der Waals surface area contributed by atoms with E-state index in [4.69, 9.17) is 0 Å². The van der Waals surface area contributed by atoms with Gasteiger partial charge in [-0.3, -0.25) is 4.79 Å². The van der Waals surface area contributed by atoms with Crippen LogP contribution in [-0.2, 0) is 11.4 Å². The summed E-state index contributed by atoms with van der Waals surface area (Å²) in [6, 6.07) is 3.95. The molecular weight excluding hydrogens is 286 g/mol. The van der Waals surface area contributed by atoms with Crippen LogP contribution in [0.25, 0.3) is 0 Å². The summed E-state index contributed by atoms with van der Waals surface area (Å²) in [5.41, 5.74) is 3.85. The van der Waals surface area contributed by atoms with Gasteiger partial charge >= 0.3 is 0 Å². The lowest BCUT2D eigenvalue weighted by Gasteiger charge is -2.55. The number of aliphatic hydroxyl groups is 1. The molecule has 0 heterocycles. The van der Waals surface area contributed by atoms with E-state index in [9.17, 15) is 9.90 Å². The maximum absolute atomic E-state index is 13.2. The number of rotatable bonds is 3. The zero-order valence-electron chi connectivity index (χ0n) is 14.2. The summed E-state index contributed by atoms with van der Waals surface area (Å²) in [7, 11) is 0. The summed E-state index contributed by atoms with van der Waals surface area (Å²) in [5.74, 6) is 2.60. The lowest BCUT2D eigenvalue weighted by Crippen LogP contribution is -2.51. The number of anilines is 1. The molecule has 0 aromatic heterocycles. The van der Waals surface area contributed by atoms with E-state index in [-0.39, 0.29) is 17.9 Å². The highest BCUT2D eigenvalue weighted by Crippen LogP contribution is 2.60. The smallest absolute Gasteiger partial charge is 0.230 e. The maximum Gasteiger partial charge on any atom is 0.230 e. The van der Waals surface area contributed by atoms with Crippen molar-refractivity contribution in [3.05, 3.63) is 28.8 Å². The van der Waals surface area contributed by atoms with Gasteiger partial charge in [0.15, 0.2) is 0 Å². The quantitative estimate of drug-likeness (QED) is 0.887. The molecule has 0 spiro atoms. The number of hydrogen-bond donors (Lipinski definition) is 2. The molecule has 4 aliphatic carbocycles. The zero-order valence-corrected chi connectivity index (χ0v) is 14.2. The van der Waals surface area contributed by atoms with Crippen LogP contribution >= 0.6 is 0 Å². The van der Waals surface area contributed by atoms with Gasteiger partial charge in [0.05, 0.1) is 12.0 Å². The van der Waals surface area contributed by atoms with Crippen LogP contribution in [0.2, 0.25) is 0 Å². The van der Waals surface area contributed by atoms with Crippen molar-refractivity contribution >= 4 is 11.6 Å². The van der Waals surface area contributed by atoms with Crippen molar-refractivity contribution in [2.75, 3.05) is 5.32 Å². The molecule has 1 amide bonds. The predicted octanol–water partition coefficient (Wildman–Crippen LogP) is 3.95. The first-order valence-corrected chi connectivity index (χ1v) is 9.01.